The van der Waals surface area contributed by atoms with Gasteiger partial charge in [0.05, 0.1) is 18.2 Å². The normalized spacial score (nSPS) is 11.2. The van der Waals surface area contributed by atoms with Gasteiger partial charge in [-0.2, -0.15) is 5.10 Å². The molecule has 2 N–H and O–H groups in total. The van der Waals surface area contributed by atoms with E-state index in [1.807, 2.05) is 43.3 Å². The summed E-state index contributed by atoms with van der Waals surface area (Å²) in [6, 6.07) is 11.7. The summed E-state index contributed by atoms with van der Waals surface area (Å²) in [5, 5.41) is 7.60. The van der Waals surface area contributed by atoms with Gasteiger partial charge in [0.1, 0.15) is 10.5 Å². The standard InChI is InChI=1S/C21H21N5O3S2/c1-3-25-12-15(17(24-25)18(27)22-9-10-29-2)26-20(28)14-11-16(13-7-5-4-6-8-13)31-19(14)23-21(26)30/h4-8,11-12H,3,9-10H2,1-2H3,(H,22,27)(H,23,30). The molecule has 0 aliphatic carbocycles. The number of amides is 1. The summed E-state index contributed by atoms with van der Waals surface area (Å²) in [4.78, 5) is 30.9. The number of nitrogens with one attached hydrogen (secondary N) is 2. The number of aromatic nitrogens is 4. The molecule has 0 fully saturated rings. The molecule has 0 radical (unpaired) electrons. The third kappa shape index (κ3) is 4.09. The van der Waals surface area contributed by atoms with Crippen LogP contribution in [0.25, 0.3) is 26.3 Å². The van der Waals surface area contributed by atoms with Crippen LogP contribution >= 0.6 is 23.6 Å². The maximum Gasteiger partial charge on any atom is 0.274 e. The number of carbonyl (C=O) groups is 1. The zero-order valence-electron chi connectivity index (χ0n) is 17.0. The monoisotopic (exact) mass is 455 g/mol. The molecule has 0 saturated carbocycles. The van der Waals surface area contributed by atoms with E-state index in [2.05, 4.69) is 15.4 Å². The van der Waals surface area contributed by atoms with Gasteiger partial charge < -0.3 is 15.0 Å². The molecule has 0 aliphatic rings. The number of hydrogen-bond donors (Lipinski definition) is 2. The average molecular weight is 456 g/mol. The third-order valence-electron chi connectivity index (χ3n) is 4.76. The number of carbonyl (C=O) groups excluding carboxylic acids is 1. The number of rotatable bonds is 7. The van der Waals surface area contributed by atoms with Crippen LogP contribution in [-0.2, 0) is 11.3 Å². The van der Waals surface area contributed by atoms with Crippen molar-refractivity contribution in [2.45, 2.75) is 13.5 Å². The highest BCUT2D eigenvalue weighted by Crippen LogP contribution is 2.31. The van der Waals surface area contributed by atoms with Crippen LogP contribution in [0.4, 0.5) is 0 Å². The summed E-state index contributed by atoms with van der Waals surface area (Å²) >= 11 is 6.97. The third-order valence-corrected chi connectivity index (χ3v) is 6.15. The van der Waals surface area contributed by atoms with Crippen molar-refractivity contribution in [1.82, 2.24) is 24.6 Å². The molecule has 3 heterocycles. The van der Waals surface area contributed by atoms with Crippen molar-refractivity contribution in [2.75, 3.05) is 20.3 Å². The van der Waals surface area contributed by atoms with Gasteiger partial charge in [0.2, 0.25) is 0 Å². The van der Waals surface area contributed by atoms with Gasteiger partial charge in [0, 0.05) is 25.1 Å². The van der Waals surface area contributed by atoms with E-state index in [1.54, 1.807) is 18.0 Å². The van der Waals surface area contributed by atoms with Gasteiger partial charge in [-0.25, -0.2) is 4.57 Å². The van der Waals surface area contributed by atoms with Gasteiger partial charge in [0.15, 0.2) is 10.5 Å². The van der Waals surface area contributed by atoms with Crippen LogP contribution in [0.1, 0.15) is 17.4 Å². The first-order valence-corrected chi connectivity index (χ1v) is 10.9. The minimum absolute atomic E-state index is 0.136. The van der Waals surface area contributed by atoms with Crippen LogP contribution in [0.15, 0.2) is 47.4 Å². The summed E-state index contributed by atoms with van der Waals surface area (Å²) in [7, 11) is 1.56. The second kappa shape index (κ2) is 8.96. The van der Waals surface area contributed by atoms with Crippen LogP contribution < -0.4 is 10.9 Å². The van der Waals surface area contributed by atoms with Crippen molar-refractivity contribution >= 4 is 39.7 Å². The van der Waals surface area contributed by atoms with Gasteiger partial charge in [-0.05, 0) is 30.8 Å². The Balaban J connectivity index is 1.85. The first kappa shape index (κ1) is 21.2. The van der Waals surface area contributed by atoms with E-state index in [4.69, 9.17) is 17.0 Å². The molecule has 1 aromatic carbocycles. The smallest absolute Gasteiger partial charge is 0.274 e. The number of benzene rings is 1. The van der Waals surface area contributed by atoms with E-state index >= 15 is 0 Å². The molecule has 0 saturated heterocycles. The predicted molar refractivity (Wildman–Crippen MR) is 124 cm³/mol. The first-order valence-electron chi connectivity index (χ1n) is 9.72. The molecular formula is C21H21N5O3S2. The summed E-state index contributed by atoms with van der Waals surface area (Å²) in [6.45, 7) is 3.15. The molecule has 4 rings (SSSR count). The zero-order valence-corrected chi connectivity index (χ0v) is 18.7. The van der Waals surface area contributed by atoms with Crippen molar-refractivity contribution in [3.05, 3.63) is 63.4 Å². The van der Waals surface area contributed by atoms with E-state index in [1.165, 1.54) is 15.9 Å². The second-order valence-electron chi connectivity index (χ2n) is 6.76. The average Bonchev–Trinajstić information content (AvgIpc) is 3.39. The molecule has 160 valence electrons. The molecule has 10 heteroatoms. The fraction of sp³-hybridized carbons (Fsp3) is 0.238. The fourth-order valence-electron chi connectivity index (χ4n) is 3.22. The first-order chi connectivity index (χ1) is 15.0. The summed E-state index contributed by atoms with van der Waals surface area (Å²) in [5.74, 6) is -0.393. The van der Waals surface area contributed by atoms with Crippen LogP contribution in [-0.4, -0.2) is 45.5 Å². The number of thiophene rings is 1. The molecule has 1 amide bonds. The lowest BCUT2D eigenvalue weighted by molar-refractivity contribution is 0.0931. The van der Waals surface area contributed by atoms with Crippen LogP contribution in [0.3, 0.4) is 0 Å². The number of H-pyrrole nitrogens is 1. The lowest BCUT2D eigenvalue weighted by atomic mass is 10.2. The van der Waals surface area contributed by atoms with Gasteiger partial charge in [-0.3, -0.25) is 14.3 Å². The van der Waals surface area contributed by atoms with Gasteiger partial charge >= 0.3 is 0 Å². The zero-order chi connectivity index (χ0) is 22.0. The van der Waals surface area contributed by atoms with E-state index in [0.29, 0.717) is 35.6 Å². The molecular weight excluding hydrogens is 434 g/mol. The van der Waals surface area contributed by atoms with Gasteiger partial charge in [-0.1, -0.05) is 30.3 Å². The van der Waals surface area contributed by atoms with Crippen molar-refractivity contribution < 1.29 is 9.53 Å². The lowest BCUT2D eigenvalue weighted by Gasteiger charge is -2.07. The molecule has 0 spiro atoms. The highest BCUT2D eigenvalue weighted by molar-refractivity contribution is 7.71. The summed E-state index contributed by atoms with van der Waals surface area (Å²) < 4.78 is 8.13. The Labute approximate surface area is 187 Å². The highest BCUT2D eigenvalue weighted by atomic mass is 32.1. The molecule has 0 unspecified atom stereocenters. The number of aromatic amines is 1. The number of hydrogen-bond acceptors (Lipinski definition) is 6. The van der Waals surface area contributed by atoms with Crippen LogP contribution in [0.5, 0.6) is 0 Å². The van der Waals surface area contributed by atoms with Crippen LogP contribution in [0, 0.1) is 4.77 Å². The minimum atomic E-state index is -0.393. The quantitative estimate of drug-likeness (QED) is 0.329. The Kier molecular flexibility index (Phi) is 6.12. The fourth-order valence-corrected chi connectivity index (χ4v) is 4.62. The van der Waals surface area contributed by atoms with E-state index in [0.717, 1.165) is 10.4 Å². The number of nitrogens with zero attached hydrogens (tertiary/aromatic N) is 3. The SMILES string of the molecule is CCn1cc(-n2c(=S)[nH]c3sc(-c4ccccc4)cc3c2=O)c(C(=O)NCCOC)n1. The molecule has 31 heavy (non-hydrogen) atoms. The van der Waals surface area contributed by atoms with Crippen molar-refractivity contribution in [3.63, 3.8) is 0 Å². The number of ether oxygens (including phenoxy) is 1. The topological polar surface area (TPSA) is 93.9 Å². The Morgan fingerprint density at radius 2 is 2.10 bits per heavy atom. The largest absolute Gasteiger partial charge is 0.383 e. The Hall–Kier alpha value is -3.08. The Morgan fingerprint density at radius 3 is 2.81 bits per heavy atom. The van der Waals surface area contributed by atoms with Crippen LogP contribution in [0.2, 0.25) is 0 Å². The predicted octanol–water partition coefficient (Wildman–Crippen LogP) is 3.37. The molecule has 0 aliphatic heterocycles. The number of aryl methyl sites for hydroxylation is 1. The van der Waals surface area contributed by atoms with Crippen molar-refractivity contribution in [2.24, 2.45) is 0 Å². The van der Waals surface area contributed by atoms with E-state index < -0.39 is 5.91 Å². The highest BCUT2D eigenvalue weighted by Gasteiger charge is 2.21. The second-order valence-corrected chi connectivity index (χ2v) is 8.20. The van der Waals surface area contributed by atoms with E-state index in [-0.39, 0.29) is 16.0 Å². The van der Waals surface area contributed by atoms with Crippen molar-refractivity contribution in [1.29, 1.82) is 0 Å². The summed E-state index contributed by atoms with van der Waals surface area (Å²) in [6.07, 6.45) is 1.66. The van der Waals surface area contributed by atoms with Gasteiger partial charge in [-0.15, -0.1) is 11.3 Å². The Bertz CT molecular complexity index is 1350. The number of methoxy groups -OCH3 is 1. The van der Waals surface area contributed by atoms with E-state index in [9.17, 15) is 9.59 Å². The lowest BCUT2D eigenvalue weighted by Crippen LogP contribution is -2.29. The molecule has 4 aromatic rings. The van der Waals surface area contributed by atoms with Crippen molar-refractivity contribution in [3.8, 4) is 16.1 Å². The van der Waals surface area contributed by atoms with Gasteiger partial charge in [0.25, 0.3) is 11.5 Å². The molecule has 0 bridgehead atoms. The molecule has 0 atom stereocenters. The summed E-state index contributed by atoms with van der Waals surface area (Å²) in [5.41, 5.74) is 1.21. The number of fused-ring (bicyclic) bond motifs is 1. The maximum atomic E-state index is 13.4. The Morgan fingerprint density at radius 1 is 1.32 bits per heavy atom. The molecule has 3 aromatic heterocycles. The minimum Gasteiger partial charge on any atom is -0.383 e. The maximum absolute atomic E-state index is 13.4. The molecule has 8 nitrogen and oxygen atoms in total.